The molecule has 0 unspecified atom stereocenters. The van der Waals surface area contributed by atoms with Crippen LogP contribution >= 0.6 is 46.4 Å². The number of rotatable bonds is 12. The summed E-state index contributed by atoms with van der Waals surface area (Å²) in [5.41, 5.74) is 1.60. The lowest BCUT2D eigenvalue weighted by molar-refractivity contribution is -0.140. The van der Waals surface area contributed by atoms with Gasteiger partial charge < -0.3 is 10.2 Å². The van der Waals surface area contributed by atoms with Gasteiger partial charge in [-0.3, -0.25) is 13.9 Å². The van der Waals surface area contributed by atoms with Gasteiger partial charge in [-0.1, -0.05) is 89.7 Å². The molecule has 2 atom stereocenters. The molecular formula is C29H31Cl4N3O4S. The second-order valence-electron chi connectivity index (χ2n) is 9.66. The van der Waals surface area contributed by atoms with Crippen LogP contribution in [0.25, 0.3) is 0 Å². The van der Waals surface area contributed by atoms with Gasteiger partial charge in [0.05, 0.1) is 32.0 Å². The summed E-state index contributed by atoms with van der Waals surface area (Å²) in [4.78, 5) is 29.2. The van der Waals surface area contributed by atoms with Crippen LogP contribution in [0, 0.1) is 0 Å². The second-order valence-corrected chi connectivity index (χ2v) is 13.2. The van der Waals surface area contributed by atoms with Crippen LogP contribution in [-0.2, 0) is 32.6 Å². The maximum atomic E-state index is 14.1. The molecule has 0 aromatic heterocycles. The minimum absolute atomic E-state index is 0.0277. The van der Waals surface area contributed by atoms with E-state index in [0.29, 0.717) is 17.0 Å². The number of nitrogens with zero attached hydrogens (tertiary/aromatic N) is 2. The Balaban J connectivity index is 2.09. The highest BCUT2D eigenvalue weighted by Crippen LogP contribution is 2.29. The topological polar surface area (TPSA) is 86.8 Å². The van der Waals surface area contributed by atoms with Crippen molar-refractivity contribution < 1.29 is 18.0 Å². The SMILES string of the molecule is CC[C@@H](C)NC(=O)[C@@H](Cc1ccccc1)N(Cc1ccc(Cl)c(Cl)c1)C(=O)CN(c1ccc(Cl)c(Cl)c1)S(C)(=O)=O. The summed E-state index contributed by atoms with van der Waals surface area (Å²) in [6, 6.07) is 17.4. The molecule has 3 aromatic carbocycles. The summed E-state index contributed by atoms with van der Waals surface area (Å²) in [5.74, 6) is -0.968. The van der Waals surface area contributed by atoms with Crippen LogP contribution in [0.15, 0.2) is 66.7 Å². The van der Waals surface area contributed by atoms with Gasteiger partial charge in [0.1, 0.15) is 12.6 Å². The minimum Gasteiger partial charge on any atom is -0.352 e. The zero-order chi connectivity index (χ0) is 30.3. The van der Waals surface area contributed by atoms with Crippen LogP contribution in [0.1, 0.15) is 31.4 Å². The highest BCUT2D eigenvalue weighted by atomic mass is 35.5. The number of benzene rings is 3. The zero-order valence-corrected chi connectivity index (χ0v) is 26.6. The average molecular weight is 659 g/mol. The third-order valence-corrected chi connectivity index (χ3v) is 9.10. The molecule has 0 radical (unpaired) electrons. The van der Waals surface area contributed by atoms with Crippen LogP contribution in [0.3, 0.4) is 0 Å². The highest BCUT2D eigenvalue weighted by molar-refractivity contribution is 7.92. The summed E-state index contributed by atoms with van der Waals surface area (Å²) in [6.45, 7) is 3.20. The fourth-order valence-electron chi connectivity index (χ4n) is 4.08. The molecule has 2 amide bonds. The summed E-state index contributed by atoms with van der Waals surface area (Å²) < 4.78 is 26.7. The Kier molecular flexibility index (Phi) is 11.8. The van der Waals surface area contributed by atoms with Crippen molar-refractivity contribution in [2.24, 2.45) is 0 Å². The summed E-state index contributed by atoms with van der Waals surface area (Å²) >= 11 is 24.6. The van der Waals surface area contributed by atoms with E-state index in [0.717, 1.165) is 16.1 Å². The predicted molar refractivity (Wildman–Crippen MR) is 167 cm³/mol. The molecular weight excluding hydrogens is 628 g/mol. The number of amides is 2. The summed E-state index contributed by atoms with van der Waals surface area (Å²) in [7, 11) is -3.94. The maximum Gasteiger partial charge on any atom is 0.244 e. The third kappa shape index (κ3) is 9.25. The van der Waals surface area contributed by atoms with E-state index < -0.39 is 28.5 Å². The number of halogens is 4. The number of carbonyl (C=O) groups excluding carboxylic acids is 2. The number of sulfonamides is 1. The average Bonchev–Trinajstić information content (AvgIpc) is 2.92. The van der Waals surface area contributed by atoms with E-state index in [9.17, 15) is 18.0 Å². The van der Waals surface area contributed by atoms with E-state index >= 15 is 0 Å². The van der Waals surface area contributed by atoms with Gasteiger partial charge in [-0.25, -0.2) is 8.42 Å². The number of hydrogen-bond donors (Lipinski definition) is 1. The number of anilines is 1. The van der Waals surface area contributed by atoms with Gasteiger partial charge in [0.2, 0.25) is 21.8 Å². The fourth-order valence-corrected chi connectivity index (χ4v) is 5.54. The Morgan fingerprint density at radius 3 is 2.02 bits per heavy atom. The molecule has 0 saturated heterocycles. The molecule has 3 rings (SSSR count). The van der Waals surface area contributed by atoms with E-state index in [1.165, 1.54) is 23.1 Å². The van der Waals surface area contributed by atoms with E-state index in [-0.39, 0.29) is 45.7 Å². The van der Waals surface area contributed by atoms with Crippen LogP contribution in [0.4, 0.5) is 5.69 Å². The Morgan fingerprint density at radius 1 is 0.854 bits per heavy atom. The lowest BCUT2D eigenvalue weighted by Crippen LogP contribution is -2.54. The quantitative estimate of drug-likeness (QED) is 0.237. The fraction of sp³-hybridized carbons (Fsp3) is 0.310. The molecule has 3 aromatic rings. The summed E-state index contributed by atoms with van der Waals surface area (Å²) in [6.07, 6.45) is 1.87. The van der Waals surface area contributed by atoms with Gasteiger partial charge in [-0.05, 0) is 54.8 Å². The highest BCUT2D eigenvalue weighted by Gasteiger charge is 2.33. The van der Waals surface area contributed by atoms with Gasteiger partial charge >= 0.3 is 0 Å². The zero-order valence-electron chi connectivity index (χ0n) is 22.8. The Labute approximate surface area is 261 Å². The molecule has 0 bridgehead atoms. The molecule has 0 saturated carbocycles. The van der Waals surface area contributed by atoms with Crippen molar-refractivity contribution in [1.82, 2.24) is 10.2 Å². The van der Waals surface area contributed by atoms with Crippen molar-refractivity contribution in [3.05, 3.63) is 97.9 Å². The van der Waals surface area contributed by atoms with Crippen molar-refractivity contribution in [2.45, 2.75) is 45.3 Å². The molecule has 41 heavy (non-hydrogen) atoms. The second kappa shape index (κ2) is 14.6. The molecule has 0 spiro atoms. The molecule has 1 N–H and O–H groups in total. The van der Waals surface area contributed by atoms with Gasteiger partial charge in [-0.15, -0.1) is 0 Å². The Bertz CT molecular complexity index is 1490. The first-order valence-corrected chi connectivity index (χ1v) is 16.2. The molecule has 7 nitrogen and oxygen atoms in total. The van der Waals surface area contributed by atoms with Crippen LogP contribution in [0.2, 0.25) is 20.1 Å². The van der Waals surface area contributed by atoms with E-state index in [1.54, 1.807) is 18.2 Å². The molecule has 0 aliphatic rings. The van der Waals surface area contributed by atoms with Crippen molar-refractivity contribution in [3.63, 3.8) is 0 Å². The first-order valence-electron chi connectivity index (χ1n) is 12.8. The number of nitrogens with one attached hydrogen (secondary N) is 1. The smallest absolute Gasteiger partial charge is 0.244 e. The van der Waals surface area contributed by atoms with Crippen molar-refractivity contribution >= 4 is 73.9 Å². The molecule has 0 fully saturated rings. The number of hydrogen-bond acceptors (Lipinski definition) is 4. The normalized spacial score (nSPS) is 12.9. The van der Waals surface area contributed by atoms with Gasteiger partial charge in [0.15, 0.2) is 0 Å². The lowest BCUT2D eigenvalue weighted by atomic mass is 10.0. The minimum atomic E-state index is -3.94. The molecule has 0 aliphatic heterocycles. The standard InChI is InChI=1S/C29H31Cl4N3O4S/c1-4-19(2)34-29(38)27(15-20-8-6-5-7-9-20)35(17-21-10-12-23(30)25(32)14-21)28(37)18-36(41(3,39)40)22-11-13-24(31)26(33)16-22/h5-14,16,19,27H,4,15,17-18H2,1-3H3,(H,34,38)/t19-,27-/m1/s1. The van der Waals surface area contributed by atoms with Crippen LogP contribution in [0.5, 0.6) is 0 Å². The van der Waals surface area contributed by atoms with Crippen molar-refractivity contribution in [2.75, 3.05) is 17.1 Å². The largest absolute Gasteiger partial charge is 0.352 e. The Morgan fingerprint density at radius 2 is 1.46 bits per heavy atom. The van der Waals surface area contributed by atoms with E-state index in [2.05, 4.69) is 5.32 Å². The lowest BCUT2D eigenvalue weighted by Gasteiger charge is -2.34. The first kappa shape index (κ1) is 33.0. The van der Waals surface area contributed by atoms with Crippen molar-refractivity contribution in [3.8, 4) is 0 Å². The first-order chi connectivity index (χ1) is 19.3. The van der Waals surface area contributed by atoms with Gasteiger partial charge in [0.25, 0.3) is 0 Å². The molecule has 220 valence electrons. The Hall–Kier alpha value is -2.49. The van der Waals surface area contributed by atoms with Gasteiger partial charge in [-0.2, -0.15) is 0 Å². The molecule has 0 heterocycles. The summed E-state index contributed by atoms with van der Waals surface area (Å²) in [5, 5.41) is 3.97. The third-order valence-electron chi connectivity index (χ3n) is 6.48. The number of carbonyl (C=O) groups is 2. The van der Waals surface area contributed by atoms with E-state index in [4.69, 9.17) is 46.4 Å². The van der Waals surface area contributed by atoms with Gasteiger partial charge in [0, 0.05) is 19.0 Å². The maximum absolute atomic E-state index is 14.1. The van der Waals surface area contributed by atoms with E-state index in [1.807, 2.05) is 44.2 Å². The molecule has 0 aliphatic carbocycles. The van der Waals surface area contributed by atoms with Crippen LogP contribution < -0.4 is 9.62 Å². The van der Waals surface area contributed by atoms with Crippen LogP contribution in [-0.4, -0.2) is 50.0 Å². The predicted octanol–water partition coefficient (Wildman–Crippen LogP) is 6.62. The van der Waals surface area contributed by atoms with Crippen molar-refractivity contribution in [1.29, 1.82) is 0 Å². The monoisotopic (exact) mass is 657 g/mol. The molecule has 12 heteroatoms.